The van der Waals surface area contributed by atoms with Crippen LogP contribution in [0, 0.1) is 0 Å². The minimum atomic E-state index is 0.446. The first-order valence-electron chi connectivity index (χ1n) is 4.70. The van der Waals surface area contributed by atoms with Crippen LogP contribution >= 0.6 is 11.8 Å². The molecule has 0 bridgehead atoms. The van der Waals surface area contributed by atoms with Gasteiger partial charge in [-0.05, 0) is 12.1 Å². The molecule has 82 valence electrons. The van der Waals surface area contributed by atoms with Crippen LogP contribution in [0.3, 0.4) is 0 Å². The lowest BCUT2D eigenvalue weighted by atomic mass is 10.3. The van der Waals surface area contributed by atoms with Gasteiger partial charge in [0.15, 0.2) is 0 Å². The average Bonchev–Trinajstić information content (AvgIpc) is 2.79. The molecule has 0 radical (unpaired) electrons. The molecule has 2 aromatic heterocycles. The highest BCUT2D eigenvalue weighted by Crippen LogP contribution is 2.22. The fraction of sp³-hybridized carbons (Fsp3) is 0.200. The van der Waals surface area contributed by atoms with E-state index < -0.39 is 0 Å². The van der Waals surface area contributed by atoms with Gasteiger partial charge in [-0.3, -0.25) is 4.98 Å². The highest BCUT2D eigenvalue weighted by atomic mass is 32.2. The zero-order chi connectivity index (χ0) is 11.2. The predicted molar refractivity (Wildman–Crippen MR) is 58.9 cm³/mol. The third-order valence-electron chi connectivity index (χ3n) is 1.78. The molecule has 6 heteroatoms. The van der Waals surface area contributed by atoms with E-state index in [4.69, 9.17) is 4.42 Å². The molecule has 0 amide bonds. The zero-order valence-electron chi connectivity index (χ0n) is 8.37. The standard InChI is InChI=1S/C10H9N3O2S/c14-5-2-6-16-10-13-12-9(15-10)8-3-1-4-11-7-8/h1,3-5,7H,2,6H2. The van der Waals surface area contributed by atoms with Gasteiger partial charge in [-0.15, -0.1) is 10.2 Å². The van der Waals surface area contributed by atoms with Gasteiger partial charge >= 0.3 is 0 Å². The van der Waals surface area contributed by atoms with Gasteiger partial charge in [-0.2, -0.15) is 0 Å². The van der Waals surface area contributed by atoms with E-state index >= 15 is 0 Å². The Morgan fingerprint density at radius 2 is 2.38 bits per heavy atom. The molecule has 0 aliphatic rings. The van der Waals surface area contributed by atoms with Crippen molar-refractivity contribution in [3.05, 3.63) is 24.5 Å². The Kier molecular flexibility index (Phi) is 3.66. The zero-order valence-corrected chi connectivity index (χ0v) is 9.18. The fourth-order valence-corrected chi connectivity index (χ4v) is 1.69. The van der Waals surface area contributed by atoms with Crippen LogP contribution < -0.4 is 0 Å². The van der Waals surface area contributed by atoms with Gasteiger partial charge in [0.2, 0.25) is 5.89 Å². The molecule has 0 aliphatic heterocycles. The van der Waals surface area contributed by atoms with Crippen molar-refractivity contribution >= 4 is 18.0 Å². The highest BCUT2D eigenvalue weighted by Gasteiger charge is 2.08. The normalized spacial score (nSPS) is 10.2. The number of nitrogens with zero attached hydrogens (tertiary/aromatic N) is 3. The van der Waals surface area contributed by atoms with E-state index in [0.717, 1.165) is 11.8 Å². The first-order chi connectivity index (χ1) is 7.90. The molecule has 0 saturated carbocycles. The number of hydrogen-bond acceptors (Lipinski definition) is 6. The van der Waals surface area contributed by atoms with E-state index in [1.165, 1.54) is 11.8 Å². The lowest BCUT2D eigenvalue weighted by Crippen LogP contribution is -1.80. The summed E-state index contributed by atoms with van der Waals surface area (Å²) in [6.07, 6.45) is 4.69. The van der Waals surface area contributed by atoms with Gasteiger partial charge in [0.25, 0.3) is 5.22 Å². The second kappa shape index (κ2) is 5.41. The molecule has 2 heterocycles. The van der Waals surface area contributed by atoms with Gasteiger partial charge in [-0.1, -0.05) is 11.8 Å². The van der Waals surface area contributed by atoms with Crippen LogP contribution in [0.25, 0.3) is 11.5 Å². The number of thioether (sulfide) groups is 1. The van der Waals surface area contributed by atoms with E-state index in [1.54, 1.807) is 18.5 Å². The van der Waals surface area contributed by atoms with Gasteiger partial charge in [-0.25, -0.2) is 0 Å². The fourth-order valence-electron chi connectivity index (χ4n) is 1.07. The monoisotopic (exact) mass is 235 g/mol. The largest absolute Gasteiger partial charge is 0.411 e. The van der Waals surface area contributed by atoms with Crippen LogP contribution in [-0.2, 0) is 4.79 Å². The van der Waals surface area contributed by atoms with Gasteiger partial charge in [0, 0.05) is 24.6 Å². The number of hydrogen-bond donors (Lipinski definition) is 0. The van der Waals surface area contributed by atoms with Crippen molar-refractivity contribution in [1.82, 2.24) is 15.2 Å². The van der Waals surface area contributed by atoms with Crippen molar-refractivity contribution in [1.29, 1.82) is 0 Å². The minimum absolute atomic E-state index is 0.446. The second-order valence-electron chi connectivity index (χ2n) is 2.92. The first-order valence-corrected chi connectivity index (χ1v) is 5.69. The van der Waals surface area contributed by atoms with Crippen LogP contribution in [0.2, 0.25) is 0 Å². The van der Waals surface area contributed by atoms with Crippen molar-refractivity contribution in [3.63, 3.8) is 0 Å². The molecule has 5 nitrogen and oxygen atoms in total. The Morgan fingerprint density at radius 3 is 3.12 bits per heavy atom. The van der Waals surface area contributed by atoms with E-state index in [0.29, 0.717) is 23.3 Å². The Hall–Kier alpha value is -1.69. The number of rotatable bonds is 5. The molecule has 2 rings (SSSR count). The summed E-state index contributed by atoms with van der Waals surface area (Å²) in [6.45, 7) is 0. The molecule has 0 fully saturated rings. The second-order valence-corrected chi connectivity index (χ2v) is 3.96. The Balaban J connectivity index is 2.05. The van der Waals surface area contributed by atoms with Crippen molar-refractivity contribution in [3.8, 4) is 11.5 Å². The van der Waals surface area contributed by atoms with E-state index in [9.17, 15) is 4.79 Å². The Bertz CT molecular complexity index is 458. The first kappa shape index (κ1) is 10.8. The van der Waals surface area contributed by atoms with E-state index in [-0.39, 0.29) is 0 Å². The van der Waals surface area contributed by atoms with Gasteiger partial charge in [0.1, 0.15) is 6.29 Å². The molecule has 0 N–H and O–H groups in total. The summed E-state index contributed by atoms with van der Waals surface area (Å²) in [5, 5.41) is 8.24. The molecular weight excluding hydrogens is 226 g/mol. The lowest BCUT2D eigenvalue weighted by Gasteiger charge is -1.91. The molecule has 0 atom stereocenters. The average molecular weight is 235 g/mol. The Morgan fingerprint density at radius 1 is 1.44 bits per heavy atom. The number of carbonyl (C=O) groups excluding carboxylic acids is 1. The SMILES string of the molecule is O=CCCSc1nnc(-c2cccnc2)o1. The summed E-state index contributed by atoms with van der Waals surface area (Å²) in [5.74, 6) is 1.10. The smallest absolute Gasteiger partial charge is 0.276 e. The van der Waals surface area contributed by atoms with E-state index in [1.807, 2.05) is 6.07 Å². The maximum atomic E-state index is 10.1. The lowest BCUT2D eigenvalue weighted by molar-refractivity contribution is -0.107. The van der Waals surface area contributed by atoms with Crippen molar-refractivity contribution in [2.75, 3.05) is 5.75 Å². The summed E-state index contributed by atoms with van der Waals surface area (Å²) in [6, 6.07) is 3.65. The summed E-state index contributed by atoms with van der Waals surface area (Å²) in [4.78, 5) is 14.1. The quantitative estimate of drug-likeness (QED) is 0.447. The third kappa shape index (κ3) is 2.66. The molecule has 2 aromatic rings. The topological polar surface area (TPSA) is 68.9 Å². The Labute approximate surface area is 96.3 Å². The predicted octanol–water partition coefficient (Wildman–Crippen LogP) is 1.81. The maximum Gasteiger partial charge on any atom is 0.276 e. The van der Waals surface area contributed by atoms with Crippen molar-refractivity contribution < 1.29 is 9.21 Å². The van der Waals surface area contributed by atoms with Crippen LogP contribution in [-0.4, -0.2) is 27.2 Å². The number of carbonyl (C=O) groups is 1. The minimum Gasteiger partial charge on any atom is -0.411 e. The van der Waals surface area contributed by atoms with Crippen LogP contribution in [0.1, 0.15) is 6.42 Å². The summed E-state index contributed by atoms with van der Waals surface area (Å²) < 4.78 is 5.40. The molecule has 16 heavy (non-hydrogen) atoms. The van der Waals surface area contributed by atoms with Crippen LogP contribution in [0.4, 0.5) is 0 Å². The summed E-state index contributed by atoms with van der Waals surface area (Å²) in [5.41, 5.74) is 0.789. The van der Waals surface area contributed by atoms with Crippen LogP contribution in [0.15, 0.2) is 34.2 Å². The molecule has 0 saturated heterocycles. The highest BCUT2D eigenvalue weighted by molar-refractivity contribution is 7.99. The summed E-state index contributed by atoms with van der Waals surface area (Å²) in [7, 11) is 0. The van der Waals surface area contributed by atoms with Crippen LogP contribution in [0.5, 0.6) is 0 Å². The molecule has 0 spiro atoms. The molecule has 0 aliphatic carbocycles. The number of aldehydes is 1. The third-order valence-corrected chi connectivity index (χ3v) is 2.63. The number of aromatic nitrogens is 3. The van der Waals surface area contributed by atoms with Crippen molar-refractivity contribution in [2.45, 2.75) is 11.6 Å². The summed E-state index contributed by atoms with van der Waals surface area (Å²) >= 11 is 1.37. The molecule has 0 unspecified atom stereocenters. The molecule has 0 aromatic carbocycles. The van der Waals surface area contributed by atoms with E-state index in [2.05, 4.69) is 15.2 Å². The van der Waals surface area contributed by atoms with Gasteiger partial charge in [0.05, 0.1) is 5.56 Å². The molecular formula is C10H9N3O2S. The number of pyridine rings is 1. The van der Waals surface area contributed by atoms with Gasteiger partial charge < -0.3 is 9.21 Å². The van der Waals surface area contributed by atoms with Crippen molar-refractivity contribution in [2.24, 2.45) is 0 Å². The maximum absolute atomic E-state index is 10.1.